The number of rotatable bonds is 2. The molecule has 0 amide bonds. The summed E-state index contributed by atoms with van der Waals surface area (Å²) in [5, 5.41) is 0. The fraction of sp³-hybridized carbons (Fsp3) is 0.500. The van der Waals surface area contributed by atoms with Crippen LogP contribution < -0.4 is 0 Å². The van der Waals surface area contributed by atoms with Crippen molar-refractivity contribution in [2.45, 2.75) is 32.9 Å². The average Bonchev–Trinajstić information content (AvgIpc) is 2.15. The molecule has 0 aliphatic heterocycles. The minimum atomic E-state index is -4.29. The fourth-order valence-electron chi connectivity index (χ4n) is 1.50. The van der Waals surface area contributed by atoms with Crippen LogP contribution in [0.3, 0.4) is 0 Å². The van der Waals surface area contributed by atoms with Crippen molar-refractivity contribution in [2.75, 3.05) is 0 Å². The highest BCUT2D eigenvalue weighted by Crippen LogP contribution is 2.32. The van der Waals surface area contributed by atoms with Gasteiger partial charge in [-0.2, -0.15) is 13.2 Å². The number of hydrogen-bond donors (Lipinski definition) is 0. The average molecular weight is 203 g/mol. The van der Waals surface area contributed by atoms with E-state index in [-0.39, 0.29) is 0 Å². The second-order valence-electron chi connectivity index (χ2n) is 3.03. The predicted octanol–water partition coefficient (Wildman–Crippen LogP) is 3.23. The number of nitrogens with zero attached hydrogens (tertiary/aromatic N) is 1. The van der Waals surface area contributed by atoms with Gasteiger partial charge in [-0.15, -0.1) is 0 Å². The molecule has 0 fully saturated rings. The zero-order valence-corrected chi connectivity index (χ0v) is 8.15. The maximum Gasteiger partial charge on any atom is 0.418 e. The van der Waals surface area contributed by atoms with Gasteiger partial charge in [0, 0.05) is 12.4 Å². The molecule has 0 saturated heterocycles. The van der Waals surface area contributed by atoms with Crippen LogP contribution in [0.15, 0.2) is 12.4 Å². The van der Waals surface area contributed by atoms with E-state index >= 15 is 0 Å². The van der Waals surface area contributed by atoms with Crippen LogP contribution in [-0.2, 0) is 19.0 Å². The predicted molar refractivity (Wildman–Crippen MR) is 48.0 cm³/mol. The standard InChI is InChI=1S/C10H12F3N/c1-3-7-5-14-6-9(8(7)4-2)10(11,12)13/h5-6H,3-4H2,1-2H3. The van der Waals surface area contributed by atoms with Gasteiger partial charge in [-0.3, -0.25) is 4.98 Å². The third-order valence-corrected chi connectivity index (χ3v) is 2.19. The molecule has 0 spiro atoms. The van der Waals surface area contributed by atoms with E-state index in [0.29, 0.717) is 24.0 Å². The van der Waals surface area contributed by atoms with Gasteiger partial charge in [-0.05, 0) is 24.0 Å². The summed E-state index contributed by atoms with van der Waals surface area (Å²) in [7, 11) is 0. The lowest BCUT2D eigenvalue weighted by Crippen LogP contribution is -2.11. The van der Waals surface area contributed by atoms with Crippen LogP contribution in [0.2, 0.25) is 0 Å². The van der Waals surface area contributed by atoms with Crippen LogP contribution in [0, 0.1) is 0 Å². The Bertz CT molecular complexity index is 318. The largest absolute Gasteiger partial charge is 0.418 e. The highest BCUT2D eigenvalue weighted by Gasteiger charge is 2.33. The Hall–Kier alpha value is -1.06. The van der Waals surface area contributed by atoms with Crippen molar-refractivity contribution in [3.8, 4) is 0 Å². The minimum Gasteiger partial charge on any atom is -0.264 e. The van der Waals surface area contributed by atoms with E-state index < -0.39 is 11.7 Å². The van der Waals surface area contributed by atoms with Gasteiger partial charge in [0.05, 0.1) is 5.56 Å². The Kier molecular flexibility index (Phi) is 3.13. The molecule has 0 atom stereocenters. The van der Waals surface area contributed by atoms with Gasteiger partial charge in [-0.25, -0.2) is 0 Å². The molecule has 1 aromatic heterocycles. The summed E-state index contributed by atoms with van der Waals surface area (Å²) in [6.07, 6.45) is -0.907. The molecule has 0 radical (unpaired) electrons. The monoisotopic (exact) mass is 203 g/mol. The van der Waals surface area contributed by atoms with E-state index in [1.165, 1.54) is 6.20 Å². The molecular weight excluding hydrogens is 191 g/mol. The molecule has 0 unspecified atom stereocenters. The number of halogens is 3. The zero-order valence-electron chi connectivity index (χ0n) is 8.15. The maximum absolute atomic E-state index is 12.5. The number of hydrogen-bond acceptors (Lipinski definition) is 1. The first kappa shape index (κ1) is 11.0. The number of aryl methyl sites for hydroxylation is 1. The van der Waals surface area contributed by atoms with E-state index in [2.05, 4.69) is 4.98 Å². The van der Waals surface area contributed by atoms with Crippen molar-refractivity contribution in [3.63, 3.8) is 0 Å². The lowest BCUT2D eigenvalue weighted by Gasteiger charge is -2.13. The Labute approximate surface area is 81.0 Å². The van der Waals surface area contributed by atoms with Gasteiger partial charge in [0.2, 0.25) is 0 Å². The molecule has 78 valence electrons. The van der Waals surface area contributed by atoms with Crippen molar-refractivity contribution in [3.05, 3.63) is 29.1 Å². The van der Waals surface area contributed by atoms with Gasteiger partial charge in [0.25, 0.3) is 0 Å². The minimum absolute atomic E-state index is 0.370. The first-order valence-electron chi connectivity index (χ1n) is 4.53. The molecule has 0 bridgehead atoms. The van der Waals surface area contributed by atoms with Crippen LogP contribution >= 0.6 is 0 Å². The zero-order chi connectivity index (χ0) is 10.8. The first-order chi connectivity index (χ1) is 6.50. The van der Waals surface area contributed by atoms with Crippen LogP contribution in [0.25, 0.3) is 0 Å². The quantitative estimate of drug-likeness (QED) is 0.719. The summed E-state index contributed by atoms with van der Waals surface area (Å²) >= 11 is 0. The van der Waals surface area contributed by atoms with E-state index in [1.807, 2.05) is 6.92 Å². The summed E-state index contributed by atoms with van der Waals surface area (Å²) in [6, 6.07) is 0. The van der Waals surface area contributed by atoms with Crippen LogP contribution in [0.1, 0.15) is 30.5 Å². The Morgan fingerprint density at radius 3 is 2.21 bits per heavy atom. The van der Waals surface area contributed by atoms with Crippen molar-refractivity contribution < 1.29 is 13.2 Å². The molecule has 0 saturated carbocycles. The summed E-state index contributed by atoms with van der Waals surface area (Å²) in [5.41, 5.74) is 0.455. The van der Waals surface area contributed by atoms with Gasteiger partial charge in [0.1, 0.15) is 0 Å². The second kappa shape index (κ2) is 3.98. The molecule has 1 rings (SSSR count). The third-order valence-electron chi connectivity index (χ3n) is 2.19. The molecule has 1 heterocycles. The topological polar surface area (TPSA) is 12.9 Å². The molecule has 0 aromatic carbocycles. The smallest absolute Gasteiger partial charge is 0.264 e. The number of alkyl halides is 3. The van der Waals surface area contributed by atoms with Crippen LogP contribution in [0.4, 0.5) is 13.2 Å². The number of aromatic nitrogens is 1. The first-order valence-corrected chi connectivity index (χ1v) is 4.53. The Morgan fingerprint density at radius 1 is 1.14 bits per heavy atom. The third kappa shape index (κ3) is 2.05. The lowest BCUT2D eigenvalue weighted by atomic mass is 10.0. The summed E-state index contributed by atoms with van der Waals surface area (Å²) in [5.74, 6) is 0. The van der Waals surface area contributed by atoms with E-state index in [4.69, 9.17) is 0 Å². The summed E-state index contributed by atoms with van der Waals surface area (Å²) in [4.78, 5) is 3.61. The Balaban J connectivity index is 3.29. The van der Waals surface area contributed by atoms with Gasteiger partial charge in [0.15, 0.2) is 0 Å². The van der Waals surface area contributed by atoms with Crippen LogP contribution in [-0.4, -0.2) is 4.98 Å². The Morgan fingerprint density at radius 2 is 1.79 bits per heavy atom. The molecule has 4 heteroatoms. The van der Waals surface area contributed by atoms with Crippen molar-refractivity contribution in [1.82, 2.24) is 4.98 Å². The van der Waals surface area contributed by atoms with Gasteiger partial charge in [-0.1, -0.05) is 13.8 Å². The van der Waals surface area contributed by atoms with Crippen LogP contribution in [0.5, 0.6) is 0 Å². The van der Waals surface area contributed by atoms with E-state index in [9.17, 15) is 13.2 Å². The molecule has 0 aliphatic rings. The molecular formula is C10H12F3N. The summed E-state index contributed by atoms with van der Waals surface area (Å²) in [6.45, 7) is 3.56. The highest BCUT2D eigenvalue weighted by molar-refractivity contribution is 5.33. The van der Waals surface area contributed by atoms with Gasteiger partial charge >= 0.3 is 6.18 Å². The SMILES string of the molecule is CCc1cncc(C(F)(F)F)c1CC. The van der Waals surface area contributed by atoms with Crippen molar-refractivity contribution in [1.29, 1.82) is 0 Å². The maximum atomic E-state index is 12.5. The molecule has 0 aliphatic carbocycles. The van der Waals surface area contributed by atoms with Crippen molar-refractivity contribution >= 4 is 0 Å². The van der Waals surface area contributed by atoms with Gasteiger partial charge < -0.3 is 0 Å². The van der Waals surface area contributed by atoms with E-state index in [1.54, 1.807) is 6.92 Å². The molecule has 1 nitrogen and oxygen atoms in total. The highest BCUT2D eigenvalue weighted by atomic mass is 19.4. The normalized spacial score (nSPS) is 11.8. The molecule has 1 aromatic rings. The molecule has 0 N–H and O–H groups in total. The lowest BCUT2D eigenvalue weighted by molar-refractivity contribution is -0.138. The number of pyridine rings is 1. The fourth-order valence-corrected chi connectivity index (χ4v) is 1.50. The second-order valence-corrected chi connectivity index (χ2v) is 3.03. The summed E-state index contributed by atoms with van der Waals surface area (Å²) < 4.78 is 37.5. The van der Waals surface area contributed by atoms with E-state index in [0.717, 1.165) is 6.20 Å². The van der Waals surface area contributed by atoms with Crippen molar-refractivity contribution in [2.24, 2.45) is 0 Å². The molecule has 14 heavy (non-hydrogen) atoms.